The second kappa shape index (κ2) is 9.43. The Morgan fingerprint density at radius 1 is 1.19 bits per heavy atom. The van der Waals surface area contributed by atoms with Gasteiger partial charge in [0.05, 0.1) is 24.9 Å². The van der Waals surface area contributed by atoms with E-state index in [1.54, 1.807) is 7.11 Å². The van der Waals surface area contributed by atoms with Crippen LogP contribution < -0.4 is 20.7 Å². The molecule has 0 aromatic heterocycles. The molecule has 0 radical (unpaired) electrons. The lowest BCUT2D eigenvalue weighted by Crippen LogP contribution is -2.54. The first-order valence-corrected chi connectivity index (χ1v) is 8.37. The number of anilines is 1. The summed E-state index contributed by atoms with van der Waals surface area (Å²) in [7, 11) is 1.63. The molecule has 3 rings (SSSR count). The highest BCUT2D eigenvalue weighted by molar-refractivity contribution is 5.94. The molecule has 2 atom stereocenters. The molecule has 1 aliphatic rings. The Morgan fingerprint density at radius 3 is 2.62 bits per heavy atom. The molecule has 1 saturated heterocycles. The Morgan fingerprint density at radius 2 is 1.92 bits per heavy atom. The molecule has 0 spiro atoms. The lowest BCUT2D eigenvalue weighted by Gasteiger charge is -2.29. The van der Waals surface area contributed by atoms with Crippen molar-refractivity contribution in [1.29, 1.82) is 0 Å². The number of carbonyl (C=O) groups excluding carboxylic acids is 1. The van der Waals surface area contributed by atoms with Gasteiger partial charge in [-0.15, -0.1) is 12.4 Å². The summed E-state index contributed by atoms with van der Waals surface area (Å²) in [5, 5.41) is 18.9. The van der Waals surface area contributed by atoms with E-state index in [2.05, 4.69) is 16.0 Å². The normalized spacial score (nSPS) is 19.2. The van der Waals surface area contributed by atoms with E-state index in [0.29, 0.717) is 18.7 Å². The van der Waals surface area contributed by atoms with Crippen LogP contribution in [0.3, 0.4) is 0 Å². The van der Waals surface area contributed by atoms with Gasteiger partial charge in [0, 0.05) is 12.1 Å². The van der Waals surface area contributed by atoms with Crippen LogP contribution in [0.5, 0.6) is 5.75 Å². The fourth-order valence-corrected chi connectivity index (χ4v) is 2.93. The second-order valence-corrected chi connectivity index (χ2v) is 6.04. The fraction of sp³-hybridized carbons (Fsp3) is 0.316. The third-order valence-corrected chi connectivity index (χ3v) is 4.34. The van der Waals surface area contributed by atoms with Gasteiger partial charge in [-0.1, -0.05) is 30.3 Å². The SMILES string of the molecule is COc1ccc(-c2ccccc2NC(=O)N[C@@H]2CNCC[C@H]2O)cc1.Cl. The van der Waals surface area contributed by atoms with Crippen molar-refractivity contribution < 1.29 is 14.6 Å². The summed E-state index contributed by atoms with van der Waals surface area (Å²) in [6.07, 6.45) is 0.108. The van der Waals surface area contributed by atoms with E-state index in [1.165, 1.54) is 0 Å². The number of nitrogens with one attached hydrogen (secondary N) is 3. The number of amides is 2. The number of methoxy groups -OCH3 is 1. The Hall–Kier alpha value is -2.28. The van der Waals surface area contributed by atoms with Crippen LogP contribution in [-0.4, -0.2) is 43.5 Å². The van der Waals surface area contributed by atoms with E-state index in [4.69, 9.17) is 4.74 Å². The number of aliphatic hydroxyl groups is 1. The molecule has 2 aromatic rings. The summed E-state index contributed by atoms with van der Waals surface area (Å²) in [5.74, 6) is 0.783. The highest BCUT2D eigenvalue weighted by atomic mass is 35.5. The van der Waals surface area contributed by atoms with Crippen molar-refractivity contribution in [2.24, 2.45) is 0 Å². The largest absolute Gasteiger partial charge is 0.497 e. The van der Waals surface area contributed by atoms with Crippen molar-refractivity contribution >= 4 is 24.1 Å². The molecular formula is C19H24ClN3O3. The van der Waals surface area contributed by atoms with Gasteiger partial charge in [-0.05, 0) is 36.7 Å². The molecule has 0 aliphatic carbocycles. The van der Waals surface area contributed by atoms with Crippen LogP contribution in [0.4, 0.5) is 10.5 Å². The van der Waals surface area contributed by atoms with E-state index in [0.717, 1.165) is 23.4 Å². The summed E-state index contributed by atoms with van der Waals surface area (Å²) in [5.41, 5.74) is 2.61. The standard InChI is InChI=1S/C19H23N3O3.ClH/c1-25-14-8-6-13(7-9-14)15-4-2-3-5-16(15)21-19(24)22-17-12-20-11-10-18(17)23;/h2-9,17-18,20,23H,10-12H2,1H3,(H2,21,22,24);1H/t17-,18-;/m1./s1. The molecule has 140 valence electrons. The van der Waals surface area contributed by atoms with Crippen molar-refractivity contribution in [1.82, 2.24) is 10.6 Å². The smallest absolute Gasteiger partial charge is 0.319 e. The zero-order chi connectivity index (χ0) is 17.6. The van der Waals surface area contributed by atoms with Gasteiger partial charge in [-0.3, -0.25) is 0 Å². The number of para-hydroxylation sites is 1. The second-order valence-electron chi connectivity index (χ2n) is 6.04. The quantitative estimate of drug-likeness (QED) is 0.660. The van der Waals surface area contributed by atoms with Gasteiger partial charge in [-0.25, -0.2) is 4.79 Å². The van der Waals surface area contributed by atoms with E-state index >= 15 is 0 Å². The third-order valence-electron chi connectivity index (χ3n) is 4.34. The van der Waals surface area contributed by atoms with E-state index < -0.39 is 6.10 Å². The van der Waals surface area contributed by atoms with Gasteiger partial charge >= 0.3 is 6.03 Å². The summed E-state index contributed by atoms with van der Waals surface area (Å²) < 4.78 is 5.19. The van der Waals surface area contributed by atoms with Crippen molar-refractivity contribution in [3.63, 3.8) is 0 Å². The number of aliphatic hydroxyl groups excluding tert-OH is 1. The predicted molar refractivity (Wildman–Crippen MR) is 105 cm³/mol. The Balaban J connectivity index is 0.00000243. The molecule has 0 bridgehead atoms. The minimum Gasteiger partial charge on any atom is -0.497 e. The van der Waals surface area contributed by atoms with Crippen LogP contribution in [0.25, 0.3) is 11.1 Å². The molecule has 0 saturated carbocycles. The predicted octanol–water partition coefficient (Wildman–Crippen LogP) is 2.63. The maximum Gasteiger partial charge on any atom is 0.319 e. The summed E-state index contributed by atoms with van der Waals surface area (Å²) in [6.45, 7) is 1.33. The zero-order valence-corrected chi connectivity index (χ0v) is 15.4. The minimum absolute atomic E-state index is 0. The molecule has 2 amide bonds. The first-order valence-electron chi connectivity index (χ1n) is 8.37. The molecule has 1 heterocycles. The van der Waals surface area contributed by atoms with Gasteiger partial charge in [0.1, 0.15) is 5.75 Å². The lowest BCUT2D eigenvalue weighted by atomic mass is 10.0. The van der Waals surface area contributed by atoms with E-state index in [1.807, 2.05) is 48.5 Å². The first-order chi connectivity index (χ1) is 12.2. The highest BCUT2D eigenvalue weighted by Crippen LogP contribution is 2.29. The third kappa shape index (κ3) is 4.88. The number of piperidine rings is 1. The molecular weight excluding hydrogens is 354 g/mol. The van der Waals surface area contributed by atoms with Gasteiger partial charge < -0.3 is 25.8 Å². The highest BCUT2D eigenvalue weighted by Gasteiger charge is 2.24. The molecule has 4 N–H and O–H groups in total. The summed E-state index contributed by atoms with van der Waals surface area (Å²) >= 11 is 0. The summed E-state index contributed by atoms with van der Waals surface area (Å²) in [6, 6.07) is 14.7. The van der Waals surface area contributed by atoms with E-state index in [-0.39, 0.29) is 24.5 Å². The van der Waals surface area contributed by atoms with Crippen molar-refractivity contribution in [3.8, 4) is 16.9 Å². The topological polar surface area (TPSA) is 82.6 Å². The number of benzene rings is 2. The minimum atomic E-state index is -0.524. The Bertz CT molecular complexity index is 724. The van der Waals surface area contributed by atoms with E-state index in [9.17, 15) is 9.90 Å². The number of halogens is 1. The van der Waals surface area contributed by atoms with Crippen LogP contribution in [0.2, 0.25) is 0 Å². The monoisotopic (exact) mass is 377 g/mol. The Kier molecular flexibility index (Phi) is 7.26. The Labute approximate surface area is 159 Å². The lowest BCUT2D eigenvalue weighted by molar-refractivity contribution is 0.103. The van der Waals surface area contributed by atoms with Gasteiger partial charge in [-0.2, -0.15) is 0 Å². The molecule has 0 unspecified atom stereocenters. The van der Waals surface area contributed by atoms with Crippen LogP contribution in [-0.2, 0) is 0 Å². The fourth-order valence-electron chi connectivity index (χ4n) is 2.93. The number of urea groups is 1. The number of hydrogen-bond donors (Lipinski definition) is 4. The van der Waals surface area contributed by atoms with Crippen LogP contribution in [0, 0.1) is 0 Å². The molecule has 6 nitrogen and oxygen atoms in total. The summed E-state index contributed by atoms with van der Waals surface area (Å²) in [4.78, 5) is 12.3. The average molecular weight is 378 g/mol. The van der Waals surface area contributed by atoms with Crippen LogP contribution in [0.15, 0.2) is 48.5 Å². The van der Waals surface area contributed by atoms with Crippen molar-refractivity contribution in [3.05, 3.63) is 48.5 Å². The zero-order valence-electron chi connectivity index (χ0n) is 14.6. The molecule has 1 fully saturated rings. The average Bonchev–Trinajstić information content (AvgIpc) is 2.64. The van der Waals surface area contributed by atoms with Crippen LogP contribution in [0.1, 0.15) is 6.42 Å². The van der Waals surface area contributed by atoms with Gasteiger partial charge in [0.15, 0.2) is 0 Å². The first kappa shape index (κ1) is 20.0. The molecule has 7 heteroatoms. The van der Waals surface area contributed by atoms with Gasteiger partial charge in [0.25, 0.3) is 0 Å². The number of ether oxygens (including phenoxy) is 1. The number of carbonyl (C=O) groups is 1. The molecule has 1 aliphatic heterocycles. The van der Waals surface area contributed by atoms with Crippen molar-refractivity contribution in [2.75, 3.05) is 25.5 Å². The van der Waals surface area contributed by atoms with Crippen LogP contribution >= 0.6 is 12.4 Å². The van der Waals surface area contributed by atoms with Crippen molar-refractivity contribution in [2.45, 2.75) is 18.6 Å². The molecule has 26 heavy (non-hydrogen) atoms. The maximum atomic E-state index is 12.3. The van der Waals surface area contributed by atoms with Gasteiger partial charge in [0.2, 0.25) is 0 Å². The number of rotatable bonds is 4. The molecule has 2 aromatic carbocycles. The number of hydrogen-bond acceptors (Lipinski definition) is 4. The maximum absolute atomic E-state index is 12.3.